The molecule has 0 aliphatic rings. The molecule has 2 aromatic carbocycles. The fourth-order valence-corrected chi connectivity index (χ4v) is 2.31. The van der Waals surface area contributed by atoms with Crippen LogP contribution in [0.5, 0.6) is 0 Å². The Bertz CT molecular complexity index is 859. The van der Waals surface area contributed by atoms with Crippen molar-refractivity contribution in [3.63, 3.8) is 0 Å². The molecule has 0 heterocycles. The van der Waals surface area contributed by atoms with Crippen molar-refractivity contribution < 1.29 is 23.5 Å². The highest BCUT2D eigenvalue weighted by molar-refractivity contribution is 6.33. The van der Waals surface area contributed by atoms with E-state index in [-0.39, 0.29) is 10.7 Å². The zero-order chi connectivity index (χ0) is 20.0. The van der Waals surface area contributed by atoms with E-state index in [9.17, 15) is 18.8 Å². The van der Waals surface area contributed by atoms with Gasteiger partial charge in [0.15, 0.2) is 6.10 Å². The normalized spacial score (nSPS) is 11.4. The number of ether oxygens (including phenoxy) is 1. The molecule has 2 rings (SSSR count). The minimum Gasteiger partial charge on any atom is -0.451 e. The van der Waals surface area contributed by atoms with Crippen molar-refractivity contribution in [3.05, 3.63) is 63.9 Å². The van der Waals surface area contributed by atoms with Crippen LogP contribution in [0.15, 0.2) is 42.5 Å². The number of rotatable bonds is 6. The number of hydrogen-bond donors (Lipinski definition) is 2. The number of anilines is 1. The summed E-state index contributed by atoms with van der Waals surface area (Å²) in [5.41, 5.74) is 0.506. The Morgan fingerprint density at radius 2 is 1.78 bits per heavy atom. The molecule has 0 aliphatic carbocycles. The lowest BCUT2D eigenvalue weighted by molar-refractivity contribution is -0.152. The van der Waals surface area contributed by atoms with Crippen LogP contribution in [0, 0.1) is 5.82 Å². The smallest absolute Gasteiger partial charge is 0.326 e. The molecule has 0 saturated heterocycles. The first-order valence-corrected chi connectivity index (χ1v) is 8.51. The van der Waals surface area contributed by atoms with Gasteiger partial charge in [-0.3, -0.25) is 14.4 Å². The van der Waals surface area contributed by atoms with E-state index < -0.39 is 36.2 Å². The molecule has 9 heteroatoms. The van der Waals surface area contributed by atoms with Gasteiger partial charge < -0.3 is 15.4 Å². The highest BCUT2D eigenvalue weighted by atomic mass is 35.5. The maximum absolute atomic E-state index is 13.0. The molecule has 0 radical (unpaired) electrons. The summed E-state index contributed by atoms with van der Waals surface area (Å²) in [6, 6.07) is 9.56. The summed E-state index contributed by atoms with van der Waals surface area (Å²) in [6.07, 6.45) is -1.15. The topological polar surface area (TPSA) is 84.5 Å². The van der Waals surface area contributed by atoms with Crippen molar-refractivity contribution in [2.75, 3.05) is 11.9 Å². The van der Waals surface area contributed by atoms with Gasteiger partial charge in [0.1, 0.15) is 12.4 Å². The van der Waals surface area contributed by atoms with Crippen molar-refractivity contribution in [2.45, 2.75) is 13.0 Å². The molecular formula is C18H15Cl2FN2O4. The van der Waals surface area contributed by atoms with Gasteiger partial charge in [0.25, 0.3) is 11.8 Å². The molecule has 142 valence electrons. The van der Waals surface area contributed by atoms with Gasteiger partial charge in [-0.05, 0) is 49.4 Å². The number of carbonyl (C=O) groups excluding carboxylic acids is 3. The third kappa shape index (κ3) is 6.23. The zero-order valence-corrected chi connectivity index (χ0v) is 15.6. The van der Waals surface area contributed by atoms with Gasteiger partial charge in [-0.1, -0.05) is 23.2 Å². The van der Waals surface area contributed by atoms with Crippen molar-refractivity contribution in [1.29, 1.82) is 0 Å². The molecule has 0 spiro atoms. The molecule has 0 unspecified atom stereocenters. The van der Waals surface area contributed by atoms with Crippen LogP contribution in [0.25, 0.3) is 0 Å². The van der Waals surface area contributed by atoms with Crippen LogP contribution in [0.4, 0.5) is 10.1 Å². The van der Waals surface area contributed by atoms with Gasteiger partial charge in [0, 0.05) is 10.6 Å². The molecule has 6 nitrogen and oxygen atoms in total. The van der Waals surface area contributed by atoms with Crippen LogP contribution >= 0.6 is 23.2 Å². The Labute approximate surface area is 164 Å². The molecule has 0 aliphatic heterocycles. The predicted molar refractivity (Wildman–Crippen MR) is 99.4 cm³/mol. The summed E-state index contributed by atoms with van der Waals surface area (Å²) in [6.45, 7) is 0.933. The molecule has 0 aromatic heterocycles. The summed E-state index contributed by atoms with van der Waals surface area (Å²) in [5, 5.41) is 5.29. The largest absolute Gasteiger partial charge is 0.451 e. The highest BCUT2D eigenvalue weighted by Gasteiger charge is 2.19. The fraction of sp³-hybridized carbons (Fsp3) is 0.167. The lowest BCUT2D eigenvalue weighted by Crippen LogP contribution is -2.35. The summed E-state index contributed by atoms with van der Waals surface area (Å²) in [5.74, 6) is -2.49. The van der Waals surface area contributed by atoms with Crippen LogP contribution < -0.4 is 10.6 Å². The van der Waals surface area contributed by atoms with Crippen LogP contribution in [0.2, 0.25) is 10.0 Å². The monoisotopic (exact) mass is 412 g/mol. The van der Waals surface area contributed by atoms with E-state index in [1.165, 1.54) is 25.1 Å². The van der Waals surface area contributed by atoms with Crippen LogP contribution in [-0.2, 0) is 14.3 Å². The maximum Gasteiger partial charge on any atom is 0.326 e. The van der Waals surface area contributed by atoms with Gasteiger partial charge in [-0.25, -0.2) is 4.39 Å². The van der Waals surface area contributed by atoms with Crippen molar-refractivity contribution in [1.82, 2.24) is 5.32 Å². The Morgan fingerprint density at radius 3 is 2.41 bits per heavy atom. The number of benzene rings is 2. The first-order valence-electron chi connectivity index (χ1n) is 7.75. The zero-order valence-electron chi connectivity index (χ0n) is 14.1. The molecule has 2 N–H and O–H groups in total. The molecule has 0 bridgehead atoms. The third-order valence-electron chi connectivity index (χ3n) is 3.37. The van der Waals surface area contributed by atoms with Crippen molar-refractivity contribution >= 4 is 46.7 Å². The number of halogens is 3. The SMILES string of the molecule is C[C@H](OC(=O)CNC(=O)c1ccc(Cl)cc1)C(=O)Nc1ccc(F)cc1Cl. The minimum atomic E-state index is -1.15. The van der Waals surface area contributed by atoms with Crippen molar-refractivity contribution in [3.8, 4) is 0 Å². The maximum atomic E-state index is 13.0. The molecular weight excluding hydrogens is 398 g/mol. The quantitative estimate of drug-likeness (QED) is 0.711. The van der Waals surface area contributed by atoms with Gasteiger partial charge in [0.2, 0.25) is 0 Å². The summed E-state index contributed by atoms with van der Waals surface area (Å²) < 4.78 is 17.9. The van der Waals surface area contributed by atoms with Crippen LogP contribution in [0.1, 0.15) is 17.3 Å². The standard InChI is InChI=1S/C18H15Cl2FN2O4/c1-10(17(25)23-15-7-6-13(21)8-14(15)20)27-16(24)9-22-18(26)11-2-4-12(19)5-3-11/h2-8,10H,9H2,1H3,(H,22,26)(H,23,25)/t10-/m0/s1. The number of hydrogen-bond acceptors (Lipinski definition) is 4. The Balaban J connectivity index is 1.82. The Kier molecular flexibility index (Phi) is 7.15. The predicted octanol–water partition coefficient (Wildman–Crippen LogP) is 3.43. The average Bonchev–Trinajstić information content (AvgIpc) is 2.62. The Morgan fingerprint density at radius 1 is 1.11 bits per heavy atom. The van der Waals surface area contributed by atoms with E-state index in [1.54, 1.807) is 12.1 Å². The van der Waals surface area contributed by atoms with E-state index in [4.69, 9.17) is 27.9 Å². The van der Waals surface area contributed by atoms with Crippen molar-refractivity contribution in [2.24, 2.45) is 0 Å². The summed E-state index contributed by atoms with van der Waals surface area (Å²) in [7, 11) is 0. The van der Waals surface area contributed by atoms with E-state index in [0.717, 1.165) is 12.1 Å². The lowest BCUT2D eigenvalue weighted by Gasteiger charge is -2.14. The average molecular weight is 413 g/mol. The Hall–Kier alpha value is -2.64. The van der Waals surface area contributed by atoms with E-state index in [2.05, 4.69) is 10.6 Å². The first kappa shape index (κ1) is 20.7. The lowest BCUT2D eigenvalue weighted by atomic mass is 10.2. The first-order chi connectivity index (χ1) is 12.8. The van der Waals surface area contributed by atoms with Gasteiger partial charge >= 0.3 is 5.97 Å². The molecule has 0 fully saturated rings. The number of nitrogens with one attached hydrogen (secondary N) is 2. The van der Waals surface area contributed by atoms with Crippen LogP contribution in [0.3, 0.4) is 0 Å². The molecule has 2 aromatic rings. The molecule has 2 amide bonds. The molecule has 27 heavy (non-hydrogen) atoms. The number of esters is 1. The second-order valence-corrected chi connectivity index (χ2v) is 6.28. The van der Waals surface area contributed by atoms with Gasteiger partial charge in [-0.15, -0.1) is 0 Å². The molecule has 1 atom stereocenters. The second-order valence-electron chi connectivity index (χ2n) is 5.44. The summed E-state index contributed by atoms with van der Waals surface area (Å²) >= 11 is 11.6. The number of amides is 2. The third-order valence-corrected chi connectivity index (χ3v) is 3.93. The number of carbonyl (C=O) groups is 3. The van der Waals surface area contributed by atoms with Gasteiger partial charge in [0.05, 0.1) is 10.7 Å². The van der Waals surface area contributed by atoms with E-state index in [1.807, 2.05) is 0 Å². The van der Waals surface area contributed by atoms with Crippen LogP contribution in [-0.4, -0.2) is 30.4 Å². The summed E-state index contributed by atoms with van der Waals surface area (Å²) in [4.78, 5) is 35.7. The molecule has 0 saturated carbocycles. The fourth-order valence-electron chi connectivity index (χ4n) is 1.97. The van der Waals surface area contributed by atoms with E-state index >= 15 is 0 Å². The van der Waals surface area contributed by atoms with Gasteiger partial charge in [-0.2, -0.15) is 0 Å². The minimum absolute atomic E-state index is 0.0112. The van der Waals surface area contributed by atoms with E-state index in [0.29, 0.717) is 10.6 Å². The highest BCUT2D eigenvalue weighted by Crippen LogP contribution is 2.22. The second kappa shape index (κ2) is 9.34.